The van der Waals surface area contributed by atoms with Gasteiger partial charge in [-0.05, 0) is 59.7 Å². The molecule has 0 fully saturated rings. The second-order valence-corrected chi connectivity index (χ2v) is 10.8. The van der Waals surface area contributed by atoms with Gasteiger partial charge in [0.1, 0.15) is 6.54 Å². The number of fused-ring (bicyclic) bond motifs is 1. The number of para-hydroxylation sites is 2. The molecular weight excluding hydrogens is 528 g/mol. The number of amides is 3. The fourth-order valence-corrected chi connectivity index (χ4v) is 5.15. The van der Waals surface area contributed by atoms with E-state index in [9.17, 15) is 9.59 Å². The maximum absolute atomic E-state index is 14.0. The Balaban J connectivity index is 1.57. The van der Waals surface area contributed by atoms with Crippen LogP contribution in [0.5, 0.6) is 11.5 Å². The molecule has 0 bridgehead atoms. The van der Waals surface area contributed by atoms with Crippen LogP contribution in [0, 0.1) is 5.92 Å². The van der Waals surface area contributed by atoms with Crippen LogP contribution in [-0.4, -0.2) is 60.6 Å². The standard InChI is InChI=1S/C34H42N4O4/c1-6-26-11-7-9-13-29(26)36-34(40)38(21-24(2)3)23-33(39)37(22-25-15-16-31(41-4)32(19-25)42-5)18-17-27-20-35-30-14-10-8-12-28(27)30/h7-16,19-20,24,35H,6,17-18,21-23H2,1-5H3,(H,36,40). The fourth-order valence-electron chi connectivity index (χ4n) is 5.15. The molecule has 4 aromatic rings. The number of aryl methyl sites for hydroxylation is 1. The first-order chi connectivity index (χ1) is 20.3. The number of carbonyl (C=O) groups is 2. The lowest BCUT2D eigenvalue weighted by molar-refractivity contribution is -0.132. The summed E-state index contributed by atoms with van der Waals surface area (Å²) in [6, 6.07) is 21.3. The number of carbonyl (C=O) groups excluding carboxylic acids is 2. The second-order valence-electron chi connectivity index (χ2n) is 10.8. The summed E-state index contributed by atoms with van der Waals surface area (Å²) in [6.07, 6.45) is 3.48. The Kier molecular flexibility index (Phi) is 10.5. The van der Waals surface area contributed by atoms with Gasteiger partial charge in [0.15, 0.2) is 11.5 Å². The van der Waals surface area contributed by atoms with E-state index in [1.165, 1.54) is 0 Å². The second kappa shape index (κ2) is 14.4. The number of benzene rings is 3. The molecule has 0 aliphatic heterocycles. The van der Waals surface area contributed by atoms with E-state index in [0.717, 1.165) is 39.7 Å². The van der Waals surface area contributed by atoms with E-state index in [2.05, 4.69) is 23.3 Å². The molecule has 0 atom stereocenters. The Morgan fingerprint density at radius 1 is 0.905 bits per heavy atom. The third-order valence-electron chi connectivity index (χ3n) is 7.34. The molecule has 1 heterocycles. The molecule has 0 unspecified atom stereocenters. The predicted molar refractivity (Wildman–Crippen MR) is 168 cm³/mol. The summed E-state index contributed by atoms with van der Waals surface area (Å²) in [7, 11) is 3.20. The van der Waals surface area contributed by atoms with Crippen molar-refractivity contribution in [2.75, 3.05) is 39.2 Å². The Labute approximate surface area is 248 Å². The zero-order valence-corrected chi connectivity index (χ0v) is 25.3. The van der Waals surface area contributed by atoms with Crippen LogP contribution in [0.1, 0.15) is 37.5 Å². The monoisotopic (exact) mass is 570 g/mol. The Morgan fingerprint density at radius 2 is 1.64 bits per heavy atom. The first-order valence-corrected chi connectivity index (χ1v) is 14.5. The molecule has 222 valence electrons. The van der Waals surface area contributed by atoms with E-state index in [-0.39, 0.29) is 24.4 Å². The molecule has 0 saturated heterocycles. The van der Waals surface area contributed by atoms with Gasteiger partial charge in [-0.15, -0.1) is 0 Å². The summed E-state index contributed by atoms with van der Waals surface area (Å²) in [5.41, 5.74) is 4.95. The summed E-state index contributed by atoms with van der Waals surface area (Å²) in [5, 5.41) is 4.19. The number of H-pyrrole nitrogens is 1. The number of hydrogen-bond acceptors (Lipinski definition) is 4. The van der Waals surface area contributed by atoms with Gasteiger partial charge in [0.05, 0.1) is 14.2 Å². The summed E-state index contributed by atoms with van der Waals surface area (Å²) >= 11 is 0. The van der Waals surface area contributed by atoms with E-state index >= 15 is 0 Å². The molecular formula is C34H42N4O4. The summed E-state index contributed by atoms with van der Waals surface area (Å²) in [6.45, 7) is 7.44. The van der Waals surface area contributed by atoms with Crippen LogP contribution in [-0.2, 0) is 24.2 Å². The van der Waals surface area contributed by atoms with Crippen LogP contribution in [0.2, 0.25) is 0 Å². The van der Waals surface area contributed by atoms with Crippen molar-refractivity contribution in [2.45, 2.75) is 40.2 Å². The van der Waals surface area contributed by atoms with Crippen molar-refractivity contribution in [1.29, 1.82) is 0 Å². The SMILES string of the molecule is CCc1ccccc1NC(=O)N(CC(=O)N(CCc1c[nH]c2ccccc12)Cc1ccc(OC)c(OC)c1)CC(C)C. The number of methoxy groups -OCH3 is 2. The molecule has 0 radical (unpaired) electrons. The number of aromatic nitrogens is 1. The topological polar surface area (TPSA) is 86.9 Å². The van der Waals surface area contributed by atoms with E-state index < -0.39 is 0 Å². The van der Waals surface area contributed by atoms with Crippen molar-refractivity contribution in [2.24, 2.45) is 5.92 Å². The van der Waals surface area contributed by atoms with Gasteiger partial charge in [0.2, 0.25) is 5.91 Å². The van der Waals surface area contributed by atoms with Crippen LogP contribution in [0.3, 0.4) is 0 Å². The number of ether oxygens (including phenoxy) is 2. The maximum atomic E-state index is 14.0. The van der Waals surface area contributed by atoms with Gasteiger partial charge in [0, 0.05) is 42.4 Å². The van der Waals surface area contributed by atoms with Crippen LogP contribution in [0.15, 0.2) is 72.9 Å². The van der Waals surface area contributed by atoms with Gasteiger partial charge in [-0.3, -0.25) is 4.79 Å². The van der Waals surface area contributed by atoms with E-state index in [1.54, 1.807) is 19.1 Å². The third kappa shape index (κ3) is 7.63. The van der Waals surface area contributed by atoms with E-state index in [1.807, 2.05) is 85.6 Å². The Morgan fingerprint density at radius 3 is 2.38 bits per heavy atom. The maximum Gasteiger partial charge on any atom is 0.322 e. The molecule has 42 heavy (non-hydrogen) atoms. The number of urea groups is 1. The number of hydrogen-bond donors (Lipinski definition) is 2. The molecule has 1 aromatic heterocycles. The number of anilines is 1. The zero-order chi connectivity index (χ0) is 30.1. The lowest BCUT2D eigenvalue weighted by Crippen LogP contribution is -2.46. The zero-order valence-electron chi connectivity index (χ0n) is 25.3. The minimum absolute atomic E-state index is 0.0283. The van der Waals surface area contributed by atoms with Crippen molar-refractivity contribution < 1.29 is 19.1 Å². The van der Waals surface area contributed by atoms with Crippen molar-refractivity contribution in [1.82, 2.24) is 14.8 Å². The predicted octanol–water partition coefficient (Wildman–Crippen LogP) is 6.51. The average molecular weight is 571 g/mol. The molecule has 0 aliphatic carbocycles. The molecule has 3 aromatic carbocycles. The number of nitrogens with zero attached hydrogens (tertiary/aromatic N) is 2. The smallest absolute Gasteiger partial charge is 0.322 e. The van der Waals surface area contributed by atoms with E-state index in [4.69, 9.17) is 9.47 Å². The molecule has 0 aliphatic rings. The molecule has 8 heteroatoms. The highest BCUT2D eigenvalue weighted by Crippen LogP contribution is 2.28. The van der Waals surface area contributed by atoms with Crippen molar-refractivity contribution in [3.8, 4) is 11.5 Å². The van der Waals surface area contributed by atoms with Gasteiger partial charge >= 0.3 is 6.03 Å². The van der Waals surface area contributed by atoms with Crippen LogP contribution in [0.25, 0.3) is 10.9 Å². The molecule has 3 amide bonds. The summed E-state index contributed by atoms with van der Waals surface area (Å²) in [4.78, 5) is 34.2. The van der Waals surface area contributed by atoms with Crippen molar-refractivity contribution in [3.05, 3.63) is 89.6 Å². The Hall–Kier alpha value is -4.46. The fraction of sp³-hybridized carbons (Fsp3) is 0.353. The average Bonchev–Trinajstić information content (AvgIpc) is 3.41. The summed E-state index contributed by atoms with van der Waals surface area (Å²) in [5.74, 6) is 1.30. The minimum atomic E-state index is -0.277. The van der Waals surface area contributed by atoms with Gasteiger partial charge in [-0.25, -0.2) is 4.79 Å². The van der Waals surface area contributed by atoms with Crippen molar-refractivity contribution >= 4 is 28.5 Å². The van der Waals surface area contributed by atoms with Crippen molar-refractivity contribution in [3.63, 3.8) is 0 Å². The number of rotatable bonds is 13. The number of nitrogens with one attached hydrogen (secondary N) is 2. The third-order valence-corrected chi connectivity index (χ3v) is 7.34. The lowest BCUT2D eigenvalue weighted by Gasteiger charge is -2.29. The molecule has 0 spiro atoms. The molecule has 2 N–H and O–H groups in total. The Bertz CT molecular complexity index is 1500. The van der Waals surface area contributed by atoms with Gasteiger partial charge in [-0.2, -0.15) is 0 Å². The molecule has 0 saturated carbocycles. The quantitative estimate of drug-likeness (QED) is 0.192. The first-order valence-electron chi connectivity index (χ1n) is 14.5. The van der Waals surface area contributed by atoms with Gasteiger partial charge in [0.25, 0.3) is 0 Å². The minimum Gasteiger partial charge on any atom is -0.493 e. The molecule has 8 nitrogen and oxygen atoms in total. The van der Waals surface area contributed by atoms with Crippen LogP contribution >= 0.6 is 0 Å². The molecule has 4 rings (SSSR count). The highest BCUT2D eigenvalue weighted by atomic mass is 16.5. The van der Waals surface area contributed by atoms with Crippen LogP contribution < -0.4 is 14.8 Å². The van der Waals surface area contributed by atoms with Crippen LogP contribution in [0.4, 0.5) is 10.5 Å². The van der Waals surface area contributed by atoms with E-state index in [0.29, 0.717) is 37.6 Å². The normalized spacial score (nSPS) is 11.0. The largest absolute Gasteiger partial charge is 0.493 e. The lowest BCUT2D eigenvalue weighted by atomic mass is 10.1. The highest BCUT2D eigenvalue weighted by Gasteiger charge is 2.24. The van der Waals surface area contributed by atoms with Gasteiger partial charge < -0.3 is 29.6 Å². The van der Waals surface area contributed by atoms with Gasteiger partial charge in [-0.1, -0.05) is 63.2 Å². The first kappa shape index (κ1) is 30.5. The summed E-state index contributed by atoms with van der Waals surface area (Å²) < 4.78 is 10.9. The number of aromatic amines is 1. The highest BCUT2D eigenvalue weighted by molar-refractivity contribution is 5.93.